The summed E-state index contributed by atoms with van der Waals surface area (Å²) >= 11 is 11.2. The lowest BCUT2D eigenvalue weighted by Gasteiger charge is -2.14. The molecule has 0 radical (unpaired) electrons. The summed E-state index contributed by atoms with van der Waals surface area (Å²) in [4.78, 5) is 3.62. The smallest absolute Gasteiger partial charge is 0.418 e. The first kappa shape index (κ1) is 14.0. The van der Waals surface area contributed by atoms with Crippen molar-refractivity contribution in [1.82, 2.24) is 4.98 Å². The van der Waals surface area contributed by atoms with E-state index in [-0.39, 0.29) is 21.5 Å². The summed E-state index contributed by atoms with van der Waals surface area (Å²) in [5, 5.41) is 9.08. The highest BCUT2D eigenvalue weighted by molar-refractivity contribution is 6.41. The molecule has 2 aromatic rings. The Morgan fingerprint density at radius 2 is 1.74 bits per heavy atom. The van der Waals surface area contributed by atoms with Crippen molar-refractivity contribution in [2.45, 2.75) is 6.18 Å². The van der Waals surface area contributed by atoms with Crippen LogP contribution in [0.4, 0.5) is 13.2 Å². The molecular weight excluding hydrogens is 302 g/mol. The molecule has 1 aromatic heterocycles. The van der Waals surface area contributed by atoms with Gasteiger partial charge in [0, 0.05) is 5.56 Å². The number of aromatic nitrogens is 1. The minimum Gasteiger partial charge on any atom is -0.507 e. The summed E-state index contributed by atoms with van der Waals surface area (Å²) in [7, 11) is 0. The number of hydrogen-bond acceptors (Lipinski definition) is 2. The van der Waals surface area contributed by atoms with Gasteiger partial charge >= 0.3 is 6.18 Å². The molecule has 2 rings (SSSR count). The standard InChI is InChI=1S/C12H6Cl2F3NO/c13-8-5-7(12(15,16)17)10(18-11(8)14)6-3-1-2-4-9(6)19/h1-5,19H. The molecule has 0 fully saturated rings. The third-order valence-electron chi connectivity index (χ3n) is 2.40. The van der Waals surface area contributed by atoms with Crippen LogP contribution >= 0.6 is 23.2 Å². The number of phenolic OH excluding ortho intramolecular Hbond substituents is 1. The Morgan fingerprint density at radius 3 is 2.32 bits per heavy atom. The average Bonchev–Trinajstić information content (AvgIpc) is 2.31. The van der Waals surface area contributed by atoms with Crippen LogP contribution < -0.4 is 0 Å². The van der Waals surface area contributed by atoms with Crippen molar-refractivity contribution >= 4 is 23.2 Å². The van der Waals surface area contributed by atoms with Gasteiger partial charge in [-0.2, -0.15) is 13.2 Å². The first-order valence-electron chi connectivity index (χ1n) is 5.02. The van der Waals surface area contributed by atoms with Crippen molar-refractivity contribution in [2.75, 3.05) is 0 Å². The number of pyridine rings is 1. The number of phenols is 1. The molecule has 0 aliphatic heterocycles. The molecule has 0 aliphatic rings. The molecule has 19 heavy (non-hydrogen) atoms. The summed E-state index contributed by atoms with van der Waals surface area (Å²) in [6.07, 6.45) is -4.65. The highest BCUT2D eigenvalue weighted by Crippen LogP contribution is 2.41. The fourth-order valence-electron chi connectivity index (χ4n) is 1.56. The van der Waals surface area contributed by atoms with Crippen molar-refractivity contribution in [1.29, 1.82) is 0 Å². The fraction of sp³-hybridized carbons (Fsp3) is 0.0833. The Balaban J connectivity index is 2.76. The second-order valence-electron chi connectivity index (χ2n) is 3.67. The molecule has 7 heteroatoms. The number of rotatable bonds is 1. The van der Waals surface area contributed by atoms with Crippen LogP contribution in [0.2, 0.25) is 10.2 Å². The van der Waals surface area contributed by atoms with E-state index in [1.54, 1.807) is 0 Å². The van der Waals surface area contributed by atoms with Gasteiger partial charge in [0.15, 0.2) is 0 Å². The maximum Gasteiger partial charge on any atom is 0.418 e. The summed E-state index contributed by atoms with van der Waals surface area (Å²) in [6, 6.07) is 6.25. The van der Waals surface area contributed by atoms with E-state index >= 15 is 0 Å². The Bertz CT molecular complexity index is 629. The zero-order valence-corrected chi connectivity index (χ0v) is 10.7. The van der Waals surface area contributed by atoms with Gasteiger partial charge in [-0.05, 0) is 18.2 Å². The lowest BCUT2D eigenvalue weighted by molar-refractivity contribution is -0.137. The van der Waals surface area contributed by atoms with Crippen molar-refractivity contribution in [3.05, 3.63) is 46.1 Å². The summed E-state index contributed by atoms with van der Waals surface area (Å²) in [5.41, 5.74) is -1.57. The van der Waals surface area contributed by atoms with Gasteiger partial charge in [-0.3, -0.25) is 0 Å². The zero-order chi connectivity index (χ0) is 14.2. The van der Waals surface area contributed by atoms with Crippen LogP contribution in [0.5, 0.6) is 5.75 Å². The summed E-state index contributed by atoms with van der Waals surface area (Å²) in [6.45, 7) is 0. The first-order chi connectivity index (χ1) is 8.80. The summed E-state index contributed by atoms with van der Waals surface area (Å²) < 4.78 is 38.9. The Kier molecular flexibility index (Phi) is 3.60. The van der Waals surface area contributed by atoms with Gasteiger partial charge in [0.2, 0.25) is 0 Å². The number of aromatic hydroxyl groups is 1. The minimum absolute atomic E-state index is 0.0617. The Labute approximate surface area is 116 Å². The van der Waals surface area contributed by atoms with Crippen LogP contribution in [-0.4, -0.2) is 10.1 Å². The molecule has 100 valence electrons. The fourth-order valence-corrected chi connectivity index (χ4v) is 1.85. The Hall–Kier alpha value is -1.46. The molecule has 0 bridgehead atoms. The predicted octanol–water partition coefficient (Wildman–Crippen LogP) is 4.78. The molecule has 1 aromatic carbocycles. The minimum atomic E-state index is -4.65. The second kappa shape index (κ2) is 4.90. The molecule has 2 nitrogen and oxygen atoms in total. The Morgan fingerprint density at radius 1 is 1.11 bits per heavy atom. The monoisotopic (exact) mass is 307 g/mol. The average molecular weight is 308 g/mol. The number of benzene rings is 1. The highest BCUT2D eigenvalue weighted by atomic mass is 35.5. The topological polar surface area (TPSA) is 33.1 Å². The van der Waals surface area contributed by atoms with Crippen molar-refractivity contribution in [2.24, 2.45) is 0 Å². The lowest BCUT2D eigenvalue weighted by Crippen LogP contribution is -2.09. The van der Waals surface area contributed by atoms with Crippen molar-refractivity contribution < 1.29 is 18.3 Å². The third-order valence-corrected chi connectivity index (χ3v) is 3.07. The van der Waals surface area contributed by atoms with Gasteiger partial charge < -0.3 is 5.11 Å². The molecule has 1 heterocycles. The molecule has 0 atom stereocenters. The molecule has 0 saturated carbocycles. The number of alkyl halides is 3. The van der Waals surface area contributed by atoms with Gasteiger partial charge in [0.1, 0.15) is 10.9 Å². The predicted molar refractivity (Wildman–Crippen MR) is 66.4 cm³/mol. The van der Waals surface area contributed by atoms with E-state index < -0.39 is 17.4 Å². The van der Waals surface area contributed by atoms with E-state index in [9.17, 15) is 18.3 Å². The zero-order valence-electron chi connectivity index (χ0n) is 9.17. The van der Waals surface area contributed by atoms with E-state index in [4.69, 9.17) is 23.2 Å². The molecule has 0 aliphatic carbocycles. The van der Waals surface area contributed by atoms with Crippen molar-refractivity contribution in [3.63, 3.8) is 0 Å². The first-order valence-corrected chi connectivity index (χ1v) is 5.78. The van der Waals surface area contributed by atoms with E-state index in [0.717, 1.165) is 0 Å². The van der Waals surface area contributed by atoms with Crippen LogP contribution in [-0.2, 0) is 6.18 Å². The number of nitrogens with zero attached hydrogens (tertiary/aromatic N) is 1. The van der Waals surface area contributed by atoms with Crippen LogP contribution in [0.1, 0.15) is 5.56 Å². The van der Waals surface area contributed by atoms with Crippen LogP contribution in [0.15, 0.2) is 30.3 Å². The van der Waals surface area contributed by atoms with Gasteiger partial charge in [0.05, 0.1) is 16.3 Å². The second-order valence-corrected chi connectivity index (χ2v) is 4.44. The number of hydrogen-bond donors (Lipinski definition) is 1. The molecule has 0 spiro atoms. The van der Waals surface area contributed by atoms with Gasteiger partial charge in [0.25, 0.3) is 0 Å². The molecule has 0 amide bonds. The molecule has 0 unspecified atom stereocenters. The van der Waals surface area contributed by atoms with E-state index in [1.807, 2.05) is 0 Å². The largest absolute Gasteiger partial charge is 0.507 e. The normalized spacial score (nSPS) is 11.6. The maximum absolute atomic E-state index is 13.0. The van der Waals surface area contributed by atoms with Crippen LogP contribution in [0.25, 0.3) is 11.3 Å². The van der Waals surface area contributed by atoms with E-state index in [0.29, 0.717) is 6.07 Å². The van der Waals surface area contributed by atoms with Gasteiger partial charge in [-0.15, -0.1) is 0 Å². The quantitative estimate of drug-likeness (QED) is 0.769. The molecule has 1 N–H and O–H groups in total. The number of halogens is 5. The summed E-state index contributed by atoms with van der Waals surface area (Å²) in [5.74, 6) is -0.320. The third kappa shape index (κ3) is 2.77. The van der Waals surface area contributed by atoms with Crippen molar-refractivity contribution in [3.8, 4) is 17.0 Å². The SMILES string of the molecule is Oc1ccccc1-c1nc(Cl)c(Cl)cc1C(F)(F)F. The van der Waals surface area contributed by atoms with Crippen LogP contribution in [0, 0.1) is 0 Å². The van der Waals surface area contributed by atoms with E-state index in [2.05, 4.69) is 4.98 Å². The molecular formula is C12H6Cl2F3NO. The van der Waals surface area contributed by atoms with Crippen LogP contribution in [0.3, 0.4) is 0 Å². The molecule has 0 saturated heterocycles. The lowest BCUT2D eigenvalue weighted by atomic mass is 10.0. The van der Waals surface area contributed by atoms with Gasteiger partial charge in [-0.25, -0.2) is 4.98 Å². The highest BCUT2D eigenvalue weighted by Gasteiger charge is 2.36. The number of para-hydroxylation sites is 1. The van der Waals surface area contributed by atoms with E-state index in [1.165, 1.54) is 24.3 Å². The van der Waals surface area contributed by atoms with Gasteiger partial charge in [-0.1, -0.05) is 35.3 Å². The maximum atomic E-state index is 13.0.